The third-order valence-corrected chi connectivity index (χ3v) is 4.65. The number of carbonyl (C=O) groups excluding carboxylic acids is 1. The van der Waals surface area contributed by atoms with Crippen molar-refractivity contribution in [1.82, 2.24) is 14.9 Å². The van der Waals surface area contributed by atoms with Gasteiger partial charge < -0.3 is 11.2 Å². The maximum atomic E-state index is 12.0. The van der Waals surface area contributed by atoms with Gasteiger partial charge in [-0.25, -0.2) is 0 Å². The summed E-state index contributed by atoms with van der Waals surface area (Å²) in [6.07, 6.45) is 0. The molecule has 0 aliphatic carbocycles. The summed E-state index contributed by atoms with van der Waals surface area (Å²) in [5.41, 5.74) is 0.852. The quantitative estimate of drug-likeness (QED) is 0.627. The van der Waals surface area contributed by atoms with Crippen LogP contribution < -0.4 is 16.7 Å². The molecule has 3 N–H and O–H groups in total. The van der Waals surface area contributed by atoms with Crippen LogP contribution in [-0.4, -0.2) is 26.5 Å². The molecule has 0 bridgehead atoms. The molecule has 0 aliphatic heterocycles. The zero-order valence-electron chi connectivity index (χ0n) is 12.3. The number of halogens is 2. The topological polar surface area (TPSA) is 103 Å². The molecular weight excluding hydrogens is 361 g/mol. The third kappa shape index (κ3) is 3.95. The summed E-state index contributed by atoms with van der Waals surface area (Å²) in [6, 6.07) is 3.40. The van der Waals surface area contributed by atoms with Gasteiger partial charge in [0.15, 0.2) is 0 Å². The average molecular weight is 374 g/mol. The molecule has 1 aromatic carbocycles. The van der Waals surface area contributed by atoms with Gasteiger partial charge in [0.05, 0.1) is 21.5 Å². The number of carbonyl (C=O) groups is 1. The average Bonchev–Trinajstić information content (AvgIpc) is 2.52. The van der Waals surface area contributed by atoms with Crippen molar-refractivity contribution < 1.29 is 4.79 Å². The van der Waals surface area contributed by atoms with E-state index in [4.69, 9.17) is 29.0 Å². The second-order valence-corrected chi connectivity index (χ2v) is 6.36. The molecule has 122 valence electrons. The van der Waals surface area contributed by atoms with E-state index in [9.17, 15) is 9.59 Å². The minimum Gasteiger partial charge on any atom is -0.334 e. The van der Waals surface area contributed by atoms with Crippen molar-refractivity contribution >= 4 is 46.6 Å². The molecule has 7 nitrogen and oxygen atoms in total. The smallest absolute Gasteiger partial charge is 0.294 e. The number of nitrogens with one attached hydrogen (secondary N) is 1. The van der Waals surface area contributed by atoms with Crippen LogP contribution in [0, 0.1) is 13.8 Å². The van der Waals surface area contributed by atoms with E-state index >= 15 is 0 Å². The fraction of sp³-hybridized carbons (Fsp3) is 0.231. The fourth-order valence-corrected chi connectivity index (χ4v) is 2.76. The van der Waals surface area contributed by atoms with Crippen LogP contribution in [0.25, 0.3) is 0 Å². The van der Waals surface area contributed by atoms with E-state index in [-0.39, 0.29) is 22.5 Å². The number of nitrogen functional groups attached to an aromatic ring is 1. The number of nitrogens with zero attached hydrogens (tertiary/aromatic N) is 3. The summed E-state index contributed by atoms with van der Waals surface area (Å²) in [7, 11) is 0. The molecule has 23 heavy (non-hydrogen) atoms. The van der Waals surface area contributed by atoms with Gasteiger partial charge in [0.2, 0.25) is 11.1 Å². The zero-order chi connectivity index (χ0) is 17.1. The number of rotatable bonds is 4. The van der Waals surface area contributed by atoms with Crippen molar-refractivity contribution in [2.45, 2.75) is 19.0 Å². The fourth-order valence-electron chi connectivity index (χ4n) is 1.65. The predicted octanol–water partition coefficient (Wildman–Crippen LogP) is 2.01. The Bertz CT molecular complexity index is 825. The number of hydrogen-bond acceptors (Lipinski definition) is 6. The molecule has 2 rings (SSSR count). The highest BCUT2D eigenvalue weighted by atomic mass is 35.5. The molecule has 2 aromatic rings. The van der Waals surface area contributed by atoms with E-state index in [0.29, 0.717) is 15.7 Å². The Balaban J connectivity index is 2.09. The number of benzene rings is 1. The predicted molar refractivity (Wildman–Crippen MR) is 91.7 cm³/mol. The number of nitrogens with two attached hydrogens (primary N) is 1. The van der Waals surface area contributed by atoms with Crippen LogP contribution in [0.3, 0.4) is 0 Å². The highest BCUT2D eigenvalue weighted by Gasteiger charge is 2.14. The van der Waals surface area contributed by atoms with Crippen LogP contribution >= 0.6 is 35.0 Å². The zero-order valence-corrected chi connectivity index (χ0v) is 14.6. The van der Waals surface area contributed by atoms with Crippen LogP contribution in [0.15, 0.2) is 22.1 Å². The van der Waals surface area contributed by atoms with Gasteiger partial charge in [0.25, 0.3) is 5.56 Å². The summed E-state index contributed by atoms with van der Waals surface area (Å²) in [4.78, 5) is 23.7. The van der Waals surface area contributed by atoms with Crippen LogP contribution in [0.1, 0.15) is 11.3 Å². The highest BCUT2D eigenvalue weighted by molar-refractivity contribution is 7.99. The molecule has 0 aliphatic rings. The summed E-state index contributed by atoms with van der Waals surface area (Å²) in [6.45, 7) is 3.31. The van der Waals surface area contributed by atoms with Gasteiger partial charge in [0, 0.05) is 0 Å². The number of anilines is 1. The second kappa shape index (κ2) is 7.20. The standard InChI is InChI=1S/C13H13Cl2N5O2S/c1-6-3-4-8(14)11(10(6)15)17-9(21)5-23-13-19-18-7(2)12(22)20(13)16/h3-4H,5,16H2,1-2H3,(H,17,21). The normalized spacial score (nSPS) is 10.6. The molecule has 1 aromatic heterocycles. The molecule has 10 heteroatoms. The summed E-state index contributed by atoms with van der Waals surface area (Å²) >= 11 is 13.1. The molecule has 1 heterocycles. The molecule has 0 saturated carbocycles. The minimum absolute atomic E-state index is 0.0328. The number of aromatic nitrogens is 3. The summed E-state index contributed by atoms with van der Waals surface area (Å²) in [5, 5.41) is 11.0. The molecule has 0 saturated heterocycles. The Kier molecular flexibility index (Phi) is 5.51. The molecular formula is C13H13Cl2N5O2S. The molecule has 0 fully saturated rings. The van der Waals surface area contributed by atoms with E-state index in [1.165, 1.54) is 6.92 Å². The van der Waals surface area contributed by atoms with Gasteiger partial charge in [0.1, 0.15) is 5.69 Å². The first-order chi connectivity index (χ1) is 10.8. The number of hydrogen-bond donors (Lipinski definition) is 2. The monoisotopic (exact) mass is 373 g/mol. The maximum absolute atomic E-state index is 12.0. The number of amides is 1. The highest BCUT2D eigenvalue weighted by Crippen LogP contribution is 2.33. The SMILES string of the molecule is Cc1ccc(Cl)c(NC(=O)CSc2nnc(C)c(=O)n2N)c1Cl. The summed E-state index contributed by atoms with van der Waals surface area (Å²) < 4.78 is 0.854. The maximum Gasteiger partial charge on any atom is 0.294 e. The molecule has 0 atom stereocenters. The lowest BCUT2D eigenvalue weighted by molar-refractivity contribution is -0.113. The van der Waals surface area contributed by atoms with E-state index in [1.54, 1.807) is 19.1 Å². The summed E-state index contributed by atoms with van der Waals surface area (Å²) in [5.74, 6) is 5.20. The second-order valence-electron chi connectivity index (χ2n) is 4.63. The lowest BCUT2D eigenvalue weighted by Gasteiger charge is -2.11. The van der Waals surface area contributed by atoms with Crippen LogP contribution in [0.5, 0.6) is 0 Å². The van der Waals surface area contributed by atoms with Gasteiger partial charge in [-0.1, -0.05) is 41.0 Å². The van der Waals surface area contributed by atoms with Crippen molar-refractivity contribution in [3.05, 3.63) is 43.8 Å². The van der Waals surface area contributed by atoms with Gasteiger partial charge in [-0.3, -0.25) is 9.59 Å². The lowest BCUT2D eigenvalue weighted by Crippen LogP contribution is -2.32. The molecule has 1 amide bonds. The number of aryl methyl sites for hydroxylation is 2. The largest absolute Gasteiger partial charge is 0.334 e. The Morgan fingerprint density at radius 3 is 2.74 bits per heavy atom. The van der Waals surface area contributed by atoms with E-state index < -0.39 is 5.56 Å². The van der Waals surface area contributed by atoms with Crippen molar-refractivity contribution in [2.24, 2.45) is 0 Å². The minimum atomic E-state index is -0.465. The van der Waals surface area contributed by atoms with Crippen LogP contribution in [-0.2, 0) is 4.79 Å². The van der Waals surface area contributed by atoms with E-state index in [2.05, 4.69) is 15.5 Å². The van der Waals surface area contributed by atoms with Crippen molar-refractivity contribution in [1.29, 1.82) is 0 Å². The molecule has 0 unspecified atom stereocenters. The van der Waals surface area contributed by atoms with Gasteiger partial charge >= 0.3 is 0 Å². The van der Waals surface area contributed by atoms with Crippen molar-refractivity contribution in [3.8, 4) is 0 Å². The Morgan fingerprint density at radius 2 is 2.04 bits per heavy atom. The number of thioether (sulfide) groups is 1. The Labute approximate surface area is 146 Å². The van der Waals surface area contributed by atoms with Crippen LogP contribution in [0.2, 0.25) is 10.0 Å². The third-order valence-electron chi connectivity index (χ3n) is 2.90. The van der Waals surface area contributed by atoms with E-state index in [0.717, 1.165) is 22.0 Å². The Morgan fingerprint density at radius 1 is 1.35 bits per heavy atom. The van der Waals surface area contributed by atoms with Gasteiger partial charge in [-0.05, 0) is 25.5 Å². The lowest BCUT2D eigenvalue weighted by atomic mass is 10.2. The van der Waals surface area contributed by atoms with Gasteiger partial charge in [-0.2, -0.15) is 4.68 Å². The molecule has 0 spiro atoms. The van der Waals surface area contributed by atoms with Crippen molar-refractivity contribution in [3.63, 3.8) is 0 Å². The van der Waals surface area contributed by atoms with Crippen LogP contribution in [0.4, 0.5) is 5.69 Å². The Hall–Kier alpha value is -1.77. The first-order valence-corrected chi connectivity index (χ1v) is 8.14. The first-order valence-electron chi connectivity index (χ1n) is 6.40. The van der Waals surface area contributed by atoms with Crippen molar-refractivity contribution in [2.75, 3.05) is 16.9 Å². The van der Waals surface area contributed by atoms with E-state index in [1.807, 2.05) is 0 Å². The first kappa shape index (κ1) is 17.6. The van der Waals surface area contributed by atoms with Gasteiger partial charge in [-0.15, -0.1) is 10.2 Å². The molecule has 0 radical (unpaired) electrons.